The molecule has 0 saturated carbocycles. The number of halogens is 1. The fourth-order valence-electron chi connectivity index (χ4n) is 2.90. The van der Waals surface area contributed by atoms with Crippen LogP contribution in [0.15, 0.2) is 48.8 Å². The number of hydrazine groups is 1. The summed E-state index contributed by atoms with van der Waals surface area (Å²) in [6.45, 7) is 2.18. The minimum absolute atomic E-state index is 0.0433. The molecule has 2 aromatic rings. The minimum Gasteiger partial charge on any atom is -0.325 e. The molecule has 3 rings (SSSR count). The van der Waals surface area contributed by atoms with Gasteiger partial charge in [-0.15, -0.1) is 0 Å². The molecule has 1 saturated heterocycles. The second-order valence-corrected chi connectivity index (χ2v) is 6.06. The van der Waals surface area contributed by atoms with Crippen LogP contribution < -0.4 is 21.5 Å². The number of anilines is 1. The second kappa shape index (κ2) is 8.66. The van der Waals surface area contributed by atoms with Crippen molar-refractivity contribution in [2.75, 3.05) is 25.0 Å². The van der Waals surface area contributed by atoms with Gasteiger partial charge in [-0.1, -0.05) is 12.1 Å². The quantitative estimate of drug-likeness (QED) is 0.575. The van der Waals surface area contributed by atoms with Gasteiger partial charge in [0.2, 0.25) is 5.91 Å². The van der Waals surface area contributed by atoms with E-state index in [1.807, 2.05) is 6.07 Å². The average molecular weight is 343 g/mol. The molecule has 1 amide bonds. The molecule has 7 heteroatoms. The van der Waals surface area contributed by atoms with Gasteiger partial charge in [0.15, 0.2) is 0 Å². The molecule has 0 bridgehead atoms. The first-order chi connectivity index (χ1) is 12.2. The highest BCUT2D eigenvalue weighted by molar-refractivity contribution is 5.90. The third-order valence-corrected chi connectivity index (χ3v) is 4.20. The maximum absolute atomic E-state index is 13.1. The topological polar surface area (TPSA) is 78.1 Å². The number of aromatic nitrogens is 1. The summed E-state index contributed by atoms with van der Waals surface area (Å²) in [6, 6.07) is 10.3. The summed E-state index contributed by atoms with van der Waals surface area (Å²) in [5.41, 5.74) is 8.12. The number of rotatable bonds is 7. The lowest BCUT2D eigenvalue weighted by molar-refractivity contribution is -0.116. The molecule has 2 unspecified atom stereocenters. The van der Waals surface area contributed by atoms with Gasteiger partial charge in [-0.2, -0.15) is 0 Å². The van der Waals surface area contributed by atoms with Crippen molar-refractivity contribution in [3.63, 3.8) is 0 Å². The third kappa shape index (κ3) is 5.06. The van der Waals surface area contributed by atoms with Crippen LogP contribution in [0.1, 0.15) is 18.0 Å². The molecule has 0 aliphatic carbocycles. The second-order valence-electron chi connectivity index (χ2n) is 6.06. The van der Waals surface area contributed by atoms with Crippen molar-refractivity contribution >= 4 is 11.6 Å². The molecule has 0 spiro atoms. The van der Waals surface area contributed by atoms with Gasteiger partial charge in [-0.05, 0) is 29.8 Å². The number of carbonyl (C=O) groups is 1. The van der Waals surface area contributed by atoms with E-state index in [1.54, 1.807) is 30.6 Å². The average Bonchev–Trinajstić information content (AvgIpc) is 3.09. The molecule has 132 valence electrons. The third-order valence-electron chi connectivity index (χ3n) is 4.20. The molecule has 0 radical (unpaired) electrons. The number of amides is 1. The number of nitrogens with one attached hydrogen (secondary N) is 4. The first-order valence-electron chi connectivity index (χ1n) is 8.37. The fraction of sp³-hybridized carbons (Fsp3) is 0.333. The van der Waals surface area contributed by atoms with Crippen LogP contribution in [0.4, 0.5) is 10.1 Å². The van der Waals surface area contributed by atoms with Crippen LogP contribution in [0.25, 0.3) is 0 Å². The van der Waals surface area contributed by atoms with E-state index >= 15 is 0 Å². The predicted molar refractivity (Wildman–Crippen MR) is 94.1 cm³/mol. The highest BCUT2D eigenvalue weighted by Gasteiger charge is 2.27. The van der Waals surface area contributed by atoms with E-state index in [1.165, 1.54) is 12.1 Å². The Labute approximate surface area is 146 Å². The summed E-state index contributed by atoms with van der Waals surface area (Å²) in [7, 11) is 0. The molecule has 25 heavy (non-hydrogen) atoms. The molecule has 4 N–H and O–H groups in total. The van der Waals surface area contributed by atoms with Gasteiger partial charge in [0.1, 0.15) is 5.82 Å². The maximum atomic E-state index is 13.1. The highest BCUT2D eigenvalue weighted by Crippen LogP contribution is 2.24. The molecule has 1 aliphatic rings. The molecule has 1 fully saturated rings. The Bertz CT molecular complexity index is 680. The first kappa shape index (κ1) is 17.5. The van der Waals surface area contributed by atoms with Gasteiger partial charge in [-0.3, -0.25) is 15.2 Å². The Kier molecular flexibility index (Phi) is 6.05. The monoisotopic (exact) mass is 343 g/mol. The predicted octanol–water partition coefficient (Wildman–Crippen LogP) is 1.60. The van der Waals surface area contributed by atoms with Crippen molar-refractivity contribution in [1.29, 1.82) is 0 Å². The van der Waals surface area contributed by atoms with E-state index < -0.39 is 0 Å². The van der Waals surface area contributed by atoms with Crippen LogP contribution in [0, 0.1) is 11.7 Å². The molecule has 1 aromatic heterocycles. The molecular weight excluding hydrogens is 321 g/mol. The van der Waals surface area contributed by atoms with E-state index in [-0.39, 0.29) is 17.8 Å². The van der Waals surface area contributed by atoms with Gasteiger partial charge >= 0.3 is 0 Å². The zero-order chi connectivity index (χ0) is 17.5. The summed E-state index contributed by atoms with van der Waals surface area (Å²) >= 11 is 0. The standard InChI is InChI=1S/C18H22FN5O/c19-15-5-3-13(4-6-15)18-14(11-22-24-18)10-21-9-7-17(25)23-16-2-1-8-20-12-16/h1-6,8,12,14,18,21-22,24H,7,9-11H2,(H,23,25). The number of pyridine rings is 1. The van der Waals surface area contributed by atoms with Crippen molar-refractivity contribution in [3.05, 3.63) is 60.2 Å². The molecule has 1 aromatic carbocycles. The van der Waals surface area contributed by atoms with E-state index in [0.717, 1.165) is 18.7 Å². The Hall–Kier alpha value is -2.35. The number of hydrogen-bond acceptors (Lipinski definition) is 5. The summed E-state index contributed by atoms with van der Waals surface area (Å²) in [6.07, 6.45) is 3.68. The van der Waals surface area contributed by atoms with E-state index in [0.29, 0.717) is 24.6 Å². The summed E-state index contributed by atoms with van der Waals surface area (Å²) in [4.78, 5) is 15.8. The molecule has 2 atom stereocenters. The van der Waals surface area contributed by atoms with Gasteiger partial charge < -0.3 is 10.6 Å². The Morgan fingerprint density at radius 3 is 2.88 bits per heavy atom. The van der Waals surface area contributed by atoms with Crippen LogP contribution in [0.5, 0.6) is 0 Å². The van der Waals surface area contributed by atoms with Gasteiger partial charge in [0.05, 0.1) is 17.9 Å². The Morgan fingerprint density at radius 1 is 1.28 bits per heavy atom. The van der Waals surface area contributed by atoms with Crippen LogP contribution in [0.2, 0.25) is 0 Å². The summed E-state index contributed by atoms with van der Waals surface area (Å²) in [5.74, 6) is 0.0501. The van der Waals surface area contributed by atoms with Gasteiger partial charge in [0, 0.05) is 38.2 Å². The summed E-state index contributed by atoms with van der Waals surface area (Å²) < 4.78 is 13.1. The number of nitrogens with zero attached hydrogens (tertiary/aromatic N) is 1. The van der Waals surface area contributed by atoms with Crippen LogP contribution in [-0.2, 0) is 4.79 Å². The zero-order valence-corrected chi connectivity index (χ0v) is 13.8. The van der Waals surface area contributed by atoms with Crippen molar-refractivity contribution < 1.29 is 9.18 Å². The lowest BCUT2D eigenvalue weighted by Gasteiger charge is -2.19. The van der Waals surface area contributed by atoms with E-state index in [4.69, 9.17) is 0 Å². The highest BCUT2D eigenvalue weighted by atomic mass is 19.1. The number of hydrogen-bond donors (Lipinski definition) is 4. The fourth-order valence-corrected chi connectivity index (χ4v) is 2.90. The summed E-state index contributed by atoms with van der Waals surface area (Å²) in [5, 5.41) is 6.13. The Balaban J connectivity index is 1.40. The maximum Gasteiger partial charge on any atom is 0.225 e. The normalized spacial score (nSPS) is 19.7. The van der Waals surface area contributed by atoms with Crippen molar-refractivity contribution in [2.24, 2.45) is 5.92 Å². The van der Waals surface area contributed by atoms with Crippen molar-refractivity contribution in [2.45, 2.75) is 12.5 Å². The lowest BCUT2D eigenvalue weighted by Crippen LogP contribution is -2.30. The molecule has 2 heterocycles. The minimum atomic E-state index is -0.232. The molecular formula is C18H22FN5O. The van der Waals surface area contributed by atoms with E-state index in [9.17, 15) is 9.18 Å². The van der Waals surface area contributed by atoms with E-state index in [2.05, 4.69) is 26.5 Å². The smallest absolute Gasteiger partial charge is 0.225 e. The number of benzene rings is 1. The van der Waals surface area contributed by atoms with Gasteiger partial charge in [-0.25, -0.2) is 9.82 Å². The SMILES string of the molecule is O=C(CCNCC1CNNC1c1ccc(F)cc1)Nc1cccnc1. The van der Waals surface area contributed by atoms with Crippen LogP contribution in [0.3, 0.4) is 0 Å². The zero-order valence-electron chi connectivity index (χ0n) is 13.8. The van der Waals surface area contributed by atoms with Gasteiger partial charge in [0.25, 0.3) is 0 Å². The van der Waals surface area contributed by atoms with Crippen molar-refractivity contribution in [1.82, 2.24) is 21.2 Å². The molecule has 1 aliphatic heterocycles. The van der Waals surface area contributed by atoms with Crippen molar-refractivity contribution in [3.8, 4) is 0 Å². The number of carbonyl (C=O) groups excluding carboxylic acids is 1. The first-order valence-corrected chi connectivity index (χ1v) is 8.37. The van der Waals surface area contributed by atoms with Crippen LogP contribution >= 0.6 is 0 Å². The largest absolute Gasteiger partial charge is 0.325 e. The van der Waals surface area contributed by atoms with Crippen LogP contribution in [-0.4, -0.2) is 30.5 Å². The lowest BCUT2D eigenvalue weighted by atomic mass is 9.95. The molecule has 6 nitrogen and oxygen atoms in total. The Morgan fingerprint density at radius 2 is 2.12 bits per heavy atom.